The summed E-state index contributed by atoms with van der Waals surface area (Å²) in [6.45, 7) is 1.41. The number of primary amides is 1. The Labute approximate surface area is 112 Å². The Morgan fingerprint density at radius 2 is 2.17 bits per heavy atom. The van der Waals surface area contributed by atoms with Crippen LogP contribution < -0.4 is 5.73 Å². The van der Waals surface area contributed by atoms with Crippen molar-refractivity contribution in [1.82, 2.24) is 10.2 Å². The maximum absolute atomic E-state index is 11.8. The van der Waals surface area contributed by atoms with Gasteiger partial charge in [-0.2, -0.15) is 0 Å². The van der Waals surface area contributed by atoms with Crippen molar-refractivity contribution in [2.24, 2.45) is 5.73 Å². The third kappa shape index (κ3) is 2.68. The van der Waals surface area contributed by atoms with Crippen LogP contribution in [0.5, 0.6) is 0 Å². The first kappa shape index (κ1) is 15.0. The number of nitrogens with two attached hydrogens (primary N) is 1. The van der Waals surface area contributed by atoms with Crippen LogP contribution in [0.3, 0.4) is 0 Å². The standard InChI is InChI=1S/C8H10ClN3O4S2/c1-2-8(7(10)14,18(9,15)16)3-5(13)6-12-11-4-17-6/h4H,2-3H2,1H3,(H2,10,14). The second-order valence-electron chi connectivity index (χ2n) is 3.49. The third-order valence-electron chi connectivity index (χ3n) is 2.53. The van der Waals surface area contributed by atoms with Gasteiger partial charge in [0.1, 0.15) is 5.51 Å². The van der Waals surface area contributed by atoms with Gasteiger partial charge in [0.15, 0.2) is 15.5 Å². The lowest BCUT2D eigenvalue weighted by molar-refractivity contribution is -0.120. The molecule has 100 valence electrons. The molecule has 1 aromatic rings. The Bertz CT molecular complexity index is 557. The van der Waals surface area contributed by atoms with Gasteiger partial charge >= 0.3 is 0 Å². The van der Waals surface area contributed by atoms with Gasteiger partial charge < -0.3 is 5.73 Å². The van der Waals surface area contributed by atoms with E-state index in [9.17, 15) is 18.0 Å². The molecule has 0 aliphatic rings. The van der Waals surface area contributed by atoms with E-state index in [1.807, 2.05) is 0 Å². The Kier molecular flexibility index (Phi) is 4.41. The minimum atomic E-state index is -4.33. The number of nitrogens with zero attached hydrogens (tertiary/aromatic N) is 2. The smallest absolute Gasteiger partial charge is 0.247 e. The summed E-state index contributed by atoms with van der Waals surface area (Å²) in [6.07, 6.45) is -0.835. The molecule has 0 radical (unpaired) electrons. The van der Waals surface area contributed by atoms with Crippen LogP contribution in [0.2, 0.25) is 0 Å². The number of Topliss-reactive ketones (excluding diaryl/α,β-unsaturated/α-hetero) is 1. The molecule has 0 saturated carbocycles. The fourth-order valence-electron chi connectivity index (χ4n) is 1.39. The van der Waals surface area contributed by atoms with Crippen LogP contribution in [-0.4, -0.2) is 35.1 Å². The van der Waals surface area contributed by atoms with Gasteiger partial charge in [-0.1, -0.05) is 18.3 Å². The van der Waals surface area contributed by atoms with Gasteiger partial charge in [0.05, 0.1) is 0 Å². The average molecular weight is 312 g/mol. The molecule has 1 heterocycles. The number of rotatable bonds is 6. The summed E-state index contributed by atoms with van der Waals surface area (Å²) in [6, 6.07) is 0. The number of aromatic nitrogens is 2. The zero-order valence-corrected chi connectivity index (χ0v) is 11.7. The highest BCUT2D eigenvalue weighted by Gasteiger charge is 2.49. The fraction of sp³-hybridized carbons (Fsp3) is 0.500. The molecule has 0 fully saturated rings. The zero-order valence-electron chi connectivity index (χ0n) is 9.29. The number of carbonyl (C=O) groups excluding carboxylic acids is 2. The SMILES string of the molecule is CCC(CC(=O)c1nncs1)(C(N)=O)S(=O)(=O)Cl. The van der Waals surface area contributed by atoms with Crippen molar-refractivity contribution in [3.8, 4) is 0 Å². The molecule has 0 bridgehead atoms. The minimum Gasteiger partial charge on any atom is -0.368 e. The van der Waals surface area contributed by atoms with E-state index in [-0.39, 0.29) is 11.4 Å². The molecule has 0 aromatic carbocycles. The maximum atomic E-state index is 11.8. The summed E-state index contributed by atoms with van der Waals surface area (Å²) in [5.74, 6) is -1.79. The zero-order chi connectivity index (χ0) is 14.0. The van der Waals surface area contributed by atoms with Crippen LogP contribution in [0.25, 0.3) is 0 Å². The van der Waals surface area contributed by atoms with Crippen LogP contribution in [0.1, 0.15) is 29.6 Å². The number of hydrogen-bond donors (Lipinski definition) is 1. The van der Waals surface area contributed by atoms with Crippen LogP contribution in [0, 0.1) is 0 Å². The van der Waals surface area contributed by atoms with Crippen molar-refractivity contribution in [1.29, 1.82) is 0 Å². The van der Waals surface area contributed by atoms with Crippen LogP contribution in [0.4, 0.5) is 0 Å². The number of ketones is 1. The molecular formula is C8H10ClN3O4S2. The molecule has 18 heavy (non-hydrogen) atoms. The lowest BCUT2D eigenvalue weighted by Gasteiger charge is -2.24. The van der Waals surface area contributed by atoms with E-state index in [1.54, 1.807) is 0 Å². The Morgan fingerprint density at radius 1 is 1.56 bits per heavy atom. The molecule has 1 unspecified atom stereocenters. The van der Waals surface area contributed by atoms with Crippen molar-refractivity contribution < 1.29 is 18.0 Å². The highest BCUT2D eigenvalue weighted by molar-refractivity contribution is 8.15. The van der Waals surface area contributed by atoms with Crippen LogP contribution in [0.15, 0.2) is 5.51 Å². The van der Waals surface area contributed by atoms with Crippen molar-refractivity contribution in [2.75, 3.05) is 0 Å². The van der Waals surface area contributed by atoms with E-state index >= 15 is 0 Å². The Balaban J connectivity index is 3.15. The van der Waals surface area contributed by atoms with Gasteiger partial charge in [-0.3, -0.25) is 9.59 Å². The topological polar surface area (TPSA) is 120 Å². The summed E-state index contributed by atoms with van der Waals surface area (Å²) in [5, 5.41) is 6.97. The summed E-state index contributed by atoms with van der Waals surface area (Å²) >= 11 is 0.943. The first-order valence-electron chi connectivity index (χ1n) is 4.78. The highest BCUT2D eigenvalue weighted by Crippen LogP contribution is 2.31. The molecule has 10 heteroatoms. The average Bonchev–Trinajstić information content (AvgIpc) is 2.76. The molecule has 2 N–H and O–H groups in total. The van der Waals surface area contributed by atoms with Gasteiger partial charge in [0.2, 0.25) is 15.0 Å². The van der Waals surface area contributed by atoms with Gasteiger partial charge in [0.25, 0.3) is 0 Å². The monoisotopic (exact) mass is 311 g/mol. The third-order valence-corrected chi connectivity index (χ3v) is 5.72. The molecule has 1 amide bonds. The van der Waals surface area contributed by atoms with Crippen molar-refractivity contribution in [2.45, 2.75) is 24.5 Å². The fourth-order valence-corrected chi connectivity index (χ4v) is 3.49. The normalized spacial score (nSPS) is 15.0. The summed E-state index contributed by atoms with van der Waals surface area (Å²) in [4.78, 5) is 23.2. The van der Waals surface area contributed by atoms with Gasteiger partial charge in [-0.05, 0) is 6.42 Å². The van der Waals surface area contributed by atoms with Crippen molar-refractivity contribution >= 4 is 42.8 Å². The quantitative estimate of drug-likeness (QED) is 0.596. The predicted molar refractivity (Wildman–Crippen MR) is 65.8 cm³/mol. The van der Waals surface area contributed by atoms with E-state index in [0.29, 0.717) is 0 Å². The Morgan fingerprint density at radius 3 is 2.50 bits per heavy atom. The highest BCUT2D eigenvalue weighted by atomic mass is 35.7. The minimum absolute atomic E-state index is 0.00870. The molecule has 1 rings (SSSR count). The van der Waals surface area contributed by atoms with Crippen LogP contribution >= 0.6 is 22.0 Å². The van der Waals surface area contributed by atoms with E-state index in [0.717, 1.165) is 11.3 Å². The van der Waals surface area contributed by atoms with E-state index in [2.05, 4.69) is 10.2 Å². The lowest BCUT2D eigenvalue weighted by Crippen LogP contribution is -2.49. The molecule has 7 nitrogen and oxygen atoms in total. The molecule has 0 aliphatic carbocycles. The van der Waals surface area contributed by atoms with Crippen molar-refractivity contribution in [3.05, 3.63) is 10.5 Å². The second-order valence-corrected chi connectivity index (χ2v) is 7.20. The molecule has 0 saturated heterocycles. The van der Waals surface area contributed by atoms with E-state index < -0.39 is 31.9 Å². The molecule has 0 aliphatic heterocycles. The Hall–Kier alpha value is -1.06. The molecular weight excluding hydrogens is 302 g/mol. The molecule has 1 atom stereocenters. The second kappa shape index (κ2) is 5.29. The summed E-state index contributed by atoms with van der Waals surface area (Å²) < 4.78 is 20.9. The largest absolute Gasteiger partial charge is 0.368 e. The first-order valence-corrected chi connectivity index (χ1v) is 7.97. The summed E-state index contributed by atoms with van der Waals surface area (Å²) in [5.41, 5.74) is 6.40. The van der Waals surface area contributed by atoms with E-state index in [1.165, 1.54) is 12.4 Å². The van der Waals surface area contributed by atoms with Gasteiger partial charge in [0, 0.05) is 17.1 Å². The number of amides is 1. The first-order chi connectivity index (χ1) is 8.24. The van der Waals surface area contributed by atoms with Gasteiger partial charge in [-0.25, -0.2) is 8.42 Å². The van der Waals surface area contributed by atoms with Crippen molar-refractivity contribution in [3.63, 3.8) is 0 Å². The van der Waals surface area contributed by atoms with E-state index in [4.69, 9.17) is 16.4 Å². The molecule has 0 spiro atoms. The summed E-state index contributed by atoms with van der Waals surface area (Å²) in [7, 11) is 0.914. The predicted octanol–water partition coefficient (Wildman–Crippen LogP) is 0.314. The van der Waals surface area contributed by atoms with Gasteiger partial charge in [-0.15, -0.1) is 10.2 Å². The number of carbonyl (C=O) groups is 2. The molecule has 1 aromatic heterocycles. The maximum Gasteiger partial charge on any atom is 0.247 e. The number of halogens is 1. The lowest BCUT2D eigenvalue weighted by atomic mass is 9.98. The van der Waals surface area contributed by atoms with Crippen LogP contribution in [-0.2, 0) is 13.8 Å². The number of hydrogen-bond acceptors (Lipinski definition) is 7.